The van der Waals surface area contributed by atoms with Gasteiger partial charge in [-0.3, -0.25) is 10.1 Å². The monoisotopic (exact) mass is 322 g/mol. The third-order valence-electron chi connectivity index (χ3n) is 2.63. The van der Waals surface area contributed by atoms with Crippen LogP contribution >= 0.6 is 11.3 Å². The van der Waals surface area contributed by atoms with E-state index in [-0.39, 0.29) is 20.9 Å². The Labute approximate surface area is 121 Å². The molecule has 20 heavy (non-hydrogen) atoms. The van der Waals surface area contributed by atoms with Gasteiger partial charge in [0.1, 0.15) is 4.21 Å². The fourth-order valence-corrected chi connectivity index (χ4v) is 4.16. The largest absolute Gasteiger partial charge is 0.310 e. The zero-order chi connectivity index (χ0) is 15.3. The first-order valence-electron chi connectivity index (χ1n) is 6.09. The number of nitro groups is 1. The van der Waals surface area contributed by atoms with Gasteiger partial charge in [0, 0.05) is 12.1 Å². The van der Waals surface area contributed by atoms with E-state index < -0.39 is 14.9 Å². The van der Waals surface area contributed by atoms with E-state index in [4.69, 9.17) is 5.84 Å². The molecular formula is C10H18N4O4S2. The van der Waals surface area contributed by atoms with Crippen molar-refractivity contribution in [2.45, 2.75) is 43.4 Å². The van der Waals surface area contributed by atoms with Crippen molar-refractivity contribution in [1.82, 2.24) is 4.72 Å². The summed E-state index contributed by atoms with van der Waals surface area (Å²) in [7, 11) is -3.77. The fraction of sp³-hybridized carbons (Fsp3) is 0.600. The fourth-order valence-electron chi connectivity index (χ4n) is 1.62. The van der Waals surface area contributed by atoms with E-state index in [0.29, 0.717) is 6.42 Å². The molecule has 0 aliphatic rings. The van der Waals surface area contributed by atoms with Gasteiger partial charge in [0.15, 0.2) is 5.00 Å². The predicted molar refractivity (Wildman–Crippen MR) is 78.1 cm³/mol. The second-order valence-electron chi connectivity index (χ2n) is 4.35. The van der Waals surface area contributed by atoms with E-state index >= 15 is 0 Å². The summed E-state index contributed by atoms with van der Waals surface area (Å²) in [5.41, 5.74) is 1.79. The highest BCUT2D eigenvalue weighted by Gasteiger charge is 2.26. The molecule has 1 atom stereocenters. The Hall–Kier alpha value is -1.23. The van der Waals surface area contributed by atoms with Crippen LogP contribution in [0.15, 0.2) is 10.3 Å². The van der Waals surface area contributed by atoms with Gasteiger partial charge >= 0.3 is 5.69 Å². The first-order valence-corrected chi connectivity index (χ1v) is 8.39. The van der Waals surface area contributed by atoms with Gasteiger partial charge in [0.05, 0.1) is 4.92 Å². The molecular weight excluding hydrogens is 304 g/mol. The summed E-state index contributed by atoms with van der Waals surface area (Å²) in [5.74, 6) is 5.15. The van der Waals surface area contributed by atoms with Crippen molar-refractivity contribution < 1.29 is 13.3 Å². The maximum Gasteiger partial charge on any atom is 0.306 e. The molecule has 4 N–H and O–H groups in total. The molecule has 1 heterocycles. The number of nitrogens with one attached hydrogen (secondary N) is 2. The van der Waals surface area contributed by atoms with Crippen molar-refractivity contribution in [3.05, 3.63) is 16.2 Å². The third-order valence-corrected chi connectivity index (χ3v) is 5.75. The van der Waals surface area contributed by atoms with Crippen LogP contribution in [0.4, 0.5) is 10.7 Å². The van der Waals surface area contributed by atoms with E-state index in [2.05, 4.69) is 10.1 Å². The van der Waals surface area contributed by atoms with Crippen molar-refractivity contribution in [1.29, 1.82) is 0 Å². The number of thiophene rings is 1. The van der Waals surface area contributed by atoms with Crippen molar-refractivity contribution >= 4 is 32.0 Å². The van der Waals surface area contributed by atoms with Gasteiger partial charge in [0.25, 0.3) is 10.0 Å². The number of hydrogen-bond donors (Lipinski definition) is 3. The summed E-state index contributed by atoms with van der Waals surface area (Å²) >= 11 is 0.732. The third kappa shape index (κ3) is 4.13. The molecule has 0 saturated carbocycles. The van der Waals surface area contributed by atoms with Crippen LogP contribution in [0.5, 0.6) is 0 Å². The molecule has 0 bridgehead atoms. The number of nitrogens with zero attached hydrogens (tertiary/aromatic N) is 1. The van der Waals surface area contributed by atoms with Crippen molar-refractivity contribution in [2.24, 2.45) is 5.84 Å². The molecule has 1 aromatic rings. The summed E-state index contributed by atoms with van der Waals surface area (Å²) in [6.07, 6.45) is 2.59. The van der Waals surface area contributed by atoms with Crippen LogP contribution in [0, 0.1) is 10.1 Å². The lowest BCUT2D eigenvalue weighted by molar-refractivity contribution is -0.383. The molecule has 0 aromatic carbocycles. The van der Waals surface area contributed by atoms with Gasteiger partial charge in [-0.15, -0.1) is 0 Å². The highest BCUT2D eigenvalue weighted by Crippen LogP contribution is 2.36. The molecule has 1 rings (SSSR count). The smallest absolute Gasteiger partial charge is 0.306 e. The molecule has 0 spiro atoms. The van der Waals surface area contributed by atoms with Crippen LogP contribution in [0.2, 0.25) is 0 Å². The number of nitrogens with two attached hydrogens (primary N) is 1. The first kappa shape index (κ1) is 16.8. The van der Waals surface area contributed by atoms with Gasteiger partial charge in [-0.1, -0.05) is 31.1 Å². The van der Waals surface area contributed by atoms with Crippen LogP contribution in [-0.2, 0) is 10.0 Å². The van der Waals surface area contributed by atoms with Crippen molar-refractivity contribution in [2.75, 3.05) is 5.43 Å². The molecule has 0 aliphatic heterocycles. The number of hydrazine groups is 1. The standard InChI is InChI=1S/C10H18N4O4S2/c1-3-4-5-7(2)13-20(17,18)9-6-8(14(15)16)10(12-11)19-9/h6-7,12-13H,3-5,11H2,1-2H3. The van der Waals surface area contributed by atoms with Crippen LogP contribution < -0.4 is 16.0 Å². The van der Waals surface area contributed by atoms with E-state index in [1.807, 2.05) is 6.92 Å². The average Bonchev–Trinajstić information content (AvgIpc) is 2.80. The van der Waals surface area contributed by atoms with Crippen molar-refractivity contribution in [3.63, 3.8) is 0 Å². The summed E-state index contributed by atoms with van der Waals surface area (Å²) < 4.78 is 26.6. The second kappa shape index (κ2) is 6.97. The van der Waals surface area contributed by atoms with E-state index in [9.17, 15) is 18.5 Å². The summed E-state index contributed by atoms with van der Waals surface area (Å²) in [5, 5.41) is 10.8. The SMILES string of the molecule is CCCCC(C)NS(=O)(=O)c1cc([N+](=O)[O-])c(NN)s1. The minimum absolute atomic E-state index is 0.0107. The molecule has 1 aromatic heterocycles. The molecule has 0 radical (unpaired) electrons. The summed E-state index contributed by atoms with van der Waals surface area (Å²) in [6.45, 7) is 3.78. The summed E-state index contributed by atoms with van der Waals surface area (Å²) in [4.78, 5) is 10.1. The topological polar surface area (TPSA) is 127 Å². The predicted octanol–water partition coefficient (Wildman–Crippen LogP) is 1.80. The van der Waals surface area contributed by atoms with E-state index in [1.165, 1.54) is 0 Å². The molecule has 10 heteroatoms. The number of rotatable bonds is 8. The lowest BCUT2D eigenvalue weighted by Gasteiger charge is -2.12. The van der Waals surface area contributed by atoms with Gasteiger partial charge in [0.2, 0.25) is 0 Å². The van der Waals surface area contributed by atoms with E-state index in [1.54, 1.807) is 6.92 Å². The molecule has 8 nitrogen and oxygen atoms in total. The Kier molecular flexibility index (Phi) is 5.87. The molecule has 0 aliphatic carbocycles. The Morgan fingerprint density at radius 2 is 2.20 bits per heavy atom. The molecule has 1 unspecified atom stereocenters. The highest BCUT2D eigenvalue weighted by molar-refractivity contribution is 7.91. The number of sulfonamides is 1. The zero-order valence-electron chi connectivity index (χ0n) is 11.3. The maximum atomic E-state index is 12.1. The van der Waals surface area contributed by atoms with Crippen LogP contribution in [0.1, 0.15) is 33.1 Å². The van der Waals surface area contributed by atoms with E-state index in [0.717, 1.165) is 30.2 Å². The first-order chi connectivity index (χ1) is 9.31. The number of anilines is 1. The van der Waals surface area contributed by atoms with Crippen molar-refractivity contribution in [3.8, 4) is 0 Å². The minimum Gasteiger partial charge on any atom is -0.310 e. The average molecular weight is 322 g/mol. The Bertz CT molecular complexity index is 570. The van der Waals surface area contributed by atoms with Gasteiger partial charge in [-0.05, 0) is 13.3 Å². The Morgan fingerprint density at radius 3 is 2.65 bits per heavy atom. The van der Waals surface area contributed by atoms with Crippen LogP contribution in [0.3, 0.4) is 0 Å². The highest BCUT2D eigenvalue weighted by atomic mass is 32.2. The Morgan fingerprint density at radius 1 is 1.55 bits per heavy atom. The summed E-state index contributed by atoms with van der Waals surface area (Å²) in [6, 6.07) is 0.782. The van der Waals surface area contributed by atoms with Gasteiger partial charge in [-0.2, -0.15) is 0 Å². The van der Waals surface area contributed by atoms with Crippen LogP contribution in [-0.4, -0.2) is 19.4 Å². The zero-order valence-corrected chi connectivity index (χ0v) is 12.9. The lowest BCUT2D eigenvalue weighted by atomic mass is 10.2. The molecule has 114 valence electrons. The maximum absolute atomic E-state index is 12.1. The Balaban J connectivity index is 2.95. The number of nitrogen functional groups attached to an aromatic ring is 1. The normalized spacial score (nSPS) is 13.2. The van der Waals surface area contributed by atoms with Crippen LogP contribution in [0.25, 0.3) is 0 Å². The molecule has 0 saturated heterocycles. The quantitative estimate of drug-likeness (QED) is 0.380. The molecule has 0 fully saturated rings. The van der Waals surface area contributed by atoms with Gasteiger partial charge in [-0.25, -0.2) is 19.0 Å². The lowest BCUT2D eigenvalue weighted by Crippen LogP contribution is -2.32. The molecule has 0 amide bonds. The minimum atomic E-state index is -3.77. The number of unbranched alkanes of at least 4 members (excludes halogenated alkanes) is 1. The second-order valence-corrected chi connectivity index (χ2v) is 7.34. The number of hydrogen-bond acceptors (Lipinski definition) is 7. The van der Waals surface area contributed by atoms with Gasteiger partial charge < -0.3 is 5.43 Å².